The molecule has 35 heavy (non-hydrogen) atoms. The molecule has 2 fully saturated rings. The minimum absolute atomic E-state index is 0.00876. The van der Waals surface area contributed by atoms with Crippen LogP contribution in [0.15, 0.2) is 48.5 Å². The normalized spacial score (nSPS) is 25.6. The number of rotatable bonds is 5. The van der Waals surface area contributed by atoms with Gasteiger partial charge in [-0.15, -0.1) is 0 Å². The Hall–Kier alpha value is -3.35. The average molecular weight is 477 g/mol. The Bertz CT molecular complexity index is 1090. The van der Waals surface area contributed by atoms with Crippen LogP contribution in [0.4, 0.5) is 4.79 Å². The topological polar surface area (TPSA) is 95.9 Å². The molecule has 0 bridgehead atoms. The number of piperidine rings is 1. The number of carbonyl (C=O) groups is 3. The number of carboxylic acid groups (broad SMARTS) is 1. The summed E-state index contributed by atoms with van der Waals surface area (Å²) in [5, 5.41) is 12.3. The van der Waals surface area contributed by atoms with Crippen molar-refractivity contribution in [2.75, 3.05) is 13.2 Å². The quantitative estimate of drug-likeness (QED) is 0.667. The summed E-state index contributed by atoms with van der Waals surface area (Å²) in [5.74, 6) is -1.47. The second-order valence-corrected chi connectivity index (χ2v) is 10.1. The van der Waals surface area contributed by atoms with E-state index in [0.717, 1.165) is 30.4 Å². The van der Waals surface area contributed by atoms with Crippen LogP contribution in [0.25, 0.3) is 11.1 Å². The molecule has 1 saturated heterocycles. The van der Waals surface area contributed by atoms with Crippen LogP contribution < -0.4 is 5.32 Å². The molecular formula is C28H32N2O5. The van der Waals surface area contributed by atoms with Gasteiger partial charge in [-0.3, -0.25) is 9.59 Å². The molecule has 0 aromatic heterocycles. The Balaban J connectivity index is 1.20. The first-order chi connectivity index (χ1) is 16.9. The van der Waals surface area contributed by atoms with Gasteiger partial charge in [0.2, 0.25) is 5.91 Å². The van der Waals surface area contributed by atoms with Crippen LogP contribution >= 0.6 is 0 Å². The van der Waals surface area contributed by atoms with E-state index in [1.165, 1.54) is 11.1 Å². The summed E-state index contributed by atoms with van der Waals surface area (Å²) in [7, 11) is 0. The summed E-state index contributed by atoms with van der Waals surface area (Å²) in [4.78, 5) is 39.2. The summed E-state index contributed by atoms with van der Waals surface area (Å²) in [6.45, 7) is 2.60. The number of hydrogen-bond acceptors (Lipinski definition) is 4. The molecule has 2 amide bonds. The highest BCUT2D eigenvalue weighted by Crippen LogP contribution is 2.44. The second kappa shape index (κ2) is 9.72. The van der Waals surface area contributed by atoms with Crippen LogP contribution in [0.3, 0.4) is 0 Å². The van der Waals surface area contributed by atoms with E-state index in [2.05, 4.69) is 29.6 Å². The average Bonchev–Trinajstić information content (AvgIpc) is 3.44. The number of carboxylic acids is 1. The van der Waals surface area contributed by atoms with Crippen molar-refractivity contribution in [1.29, 1.82) is 0 Å². The highest BCUT2D eigenvalue weighted by molar-refractivity contribution is 5.82. The largest absolute Gasteiger partial charge is 0.481 e. The predicted octanol–water partition coefficient (Wildman–Crippen LogP) is 4.41. The molecule has 2 aromatic rings. The number of likely N-dealkylation sites (tertiary alicyclic amines) is 1. The first kappa shape index (κ1) is 23.4. The number of ether oxygens (including phenoxy) is 1. The molecule has 1 heterocycles. The van der Waals surface area contributed by atoms with Gasteiger partial charge >= 0.3 is 12.1 Å². The summed E-state index contributed by atoms with van der Waals surface area (Å²) in [6.07, 6.45) is 2.78. The molecule has 3 aliphatic rings. The maximum atomic E-state index is 13.3. The zero-order chi connectivity index (χ0) is 24.5. The monoisotopic (exact) mass is 476 g/mol. The molecule has 7 nitrogen and oxygen atoms in total. The number of benzene rings is 2. The van der Waals surface area contributed by atoms with Crippen LogP contribution in [-0.2, 0) is 14.3 Å². The van der Waals surface area contributed by atoms with Gasteiger partial charge in [-0.2, -0.15) is 0 Å². The summed E-state index contributed by atoms with van der Waals surface area (Å²) >= 11 is 0. The van der Waals surface area contributed by atoms with Gasteiger partial charge in [-0.05, 0) is 54.9 Å². The number of nitrogens with one attached hydrogen (secondary N) is 1. The third-order valence-corrected chi connectivity index (χ3v) is 7.99. The SMILES string of the molecule is C[C@H]1C[C@@H](C(=O)O)CCN1C(=O)C1CCCC1NC(=O)OCC1c2ccccc2-c2ccccc21. The lowest BCUT2D eigenvalue weighted by Crippen LogP contribution is -2.51. The summed E-state index contributed by atoms with van der Waals surface area (Å²) < 4.78 is 5.70. The number of carbonyl (C=O) groups excluding carboxylic acids is 2. The van der Waals surface area contributed by atoms with Crippen LogP contribution in [0, 0.1) is 11.8 Å². The van der Waals surface area contributed by atoms with Crippen molar-refractivity contribution in [3.05, 3.63) is 59.7 Å². The Morgan fingerprint density at radius 3 is 2.29 bits per heavy atom. The number of nitrogens with zero attached hydrogens (tertiary/aromatic N) is 1. The van der Waals surface area contributed by atoms with E-state index in [1.54, 1.807) is 0 Å². The molecule has 7 heteroatoms. The molecule has 0 spiro atoms. The third kappa shape index (κ3) is 4.51. The van der Waals surface area contributed by atoms with Crippen molar-refractivity contribution in [2.24, 2.45) is 11.8 Å². The Morgan fingerprint density at radius 2 is 1.66 bits per heavy atom. The lowest BCUT2D eigenvalue weighted by Gasteiger charge is -2.38. The van der Waals surface area contributed by atoms with Gasteiger partial charge in [0.25, 0.3) is 0 Å². The van der Waals surface area contributed by atoms with Gasteiger partial charge < -0.3 is 20.1 Å². The summed E-state index contributed by atoms with van der Waals surface area (Å²) in [5.41, 5.74) is 4.68. The van der Waals surface area contributed by atoms with Crippen molar-refractivity contribution >= 4 is 18.0 Å². The van der Waals surface area contributed by atoms with Crippen molar-refractivity contribution < 1.29 is 24.2 Å². The fraction of sp³-hybridized carbons (Fsp3) is 0.464. The van der Waals surface area contributed by atoms with E-state index in [4.69, 9.17) is 4.74 Å². The second-order valence-electron chi connectivity index (χ2n) is 10.1. The Labute approximate surface area is 205 Å². The molecule has 2 aromatic carbocycles. The molecule has 5 rings (SSSR count). The molecule has 2 aliphatic carbocycles. The van der Waals surface area contributed by atoms with E-state index < -0.39 is 18.0 Å². The molecule has 2 unspecified atom stereocenters. The van der Waals surface area contributed by atoms with Gasteiger partial charge in [-0.1, -0.05) is 55.0 Å². The van der Waals surface area contributed by atoms with Crippen LogP contribution in [-0.4, -0.2) is 53.2 Å². The van der Waals surface area contributed by atoms with Crippen molar-refractivity contribution in [1.82, 2.24) is 10.2 Å². The zero-order valence-electron chi connectivity index (χ0n) is 20.0. The summed E-state index contributed by atoms with van der Waals surface area (Å²) in [6, 6.07) is 16.0. The third-order valence-electron chi connectivity index (χ3n) is 7.99. The van der Waals surface area contributed by atoms with Crippen molar-refractivity contribution in [2.45, 2.75) is 57.0 Å². The highest BCUT2D eigenvalue weighted by Gasteiger charge is 2.40. The van der Waals surface area contributed by atoms with E-state index in [0.29, 0.717) is 19.4 Å². The van der Waals surface area contributed by atoms with Gasteiger partial charge in [0, 0.05) is 24.5 Å². The smallest absolute Gasteiger partial charge is 0.407 e. The van der Waals surface area contributed by atoms with E-state index >= 15 is 0 Å². The zero-order valence-corrected chi connectivity index (χ0v) is 20.0. The standard InChI is InChI=1S/C28H32N2O5/c1-17-15-18(27(32)33)13-14-30(17)26(31)23-11-6-12-25(23)29-28(34)35-16-24-21-9-4-2-7-19(21)20-8-3-5-10-22(20)24/h2-5,7-10,17-18,23-25H,6,11-16H2,1H3,(H,29,34)(H,32,33)/t17-,18-,23?,25?/m0/s1. The fourth-order valence-electron chi connectivity index (χ4n) is 6.16. The maximum absolute atomic E-state index is 13.3. The van der Waals surface area contributed by atoms with Gasteiger partial charge in [0.05, 0.1) is 11.8 Å². The Morgan fingerprint density at radius 1 is 1.00 bits per heavy atom. The maximum Gasteiger partial charge on any atom is 0.407 e. The number of alkyl carbamates (subject to hydrolysis) is 1. The van der Waals surface area contributed by atoms with E-state index in [-0.39, 0.29) is 36.4 Å². The lowest BCUT2D eigenvalue weighted by molar-refractivity contribution is -0.149. The van der Waals surface area contributed by atoms with Gasteiger partial charge in [0.1, 0.15) is 6.61 Å². The Kier molecular flexibility index (Phi) is 6.50. The highest BCUT2D eigenvalue weighted by atomic mass is 16.5. The lowest BCUT2D eigenvalue weighted by atomic mass is 9.90. The number of fused-ring (bicyclic) bond motifs is 3. The minimum atomic E-state index is -0.792. The number of hydrogen-bond donors (Lipinski definition) is 2. The molecule has 1 aliphatic heterocycles. The molecular weight excluding hydrogens is 444 g/mol. The van der Waals surface area contributed by atoms with E-state index in [9.17, 15) is 19.5 Å². The van der Waals surface area contributed by atoms with Crippen molar-refractivity contribution in [3.63, 3.8) is 0 Å². The van der Waals surface area contributed by atoms with Gasteiger partial charge in [0.15, 0.2) is 0 Å². The van der Waals surface area contributed by atoms with Crippen molar-refractivity contribution in [3.8, 4) is 11.1 Å². The van der Waals surface area contributed by atoms with Crippen LogP contribution in [0.5, 0.6) is 0 Å². The number of aliphatic carboxylic acids is 1. The molecule has 4 atom stereocenters. The van der Waals surface area contributed by atoms with E-state index in [1.807, 2.05) is 36.1 Å². The molecule has 1 saturated carbocycles. The molecule has 184 valence electrons. The minimum Gasteiger partial charge on any atom is -0.481 e. The van der Waals surface area contributed by atoms with Crippen LogP contribution in [0.2, 0.25) is 0 Å². The van der Waals surface area contributed by atoms with Crippen LogP contribution in [0.1, 0.15) is 56.1 Å². The first-order valence-electron chi connectivity index (χ1n) is 12.6. The molecule has 0 radical (unpaired) electrons. The first-order valence-corrected chi connectivity index (χ1v) is 12.6. The number of amides is 2. The predicted molar refractivity (Wildman–Crippen MR) is 131 cm³/mol. The fourth-order valence-corrected chi connectivity index (χ4v) is 6.16. The molecule has 2 N–H and O–H groups in total. The van der Waals surface area contributed by atoms with Gasteiger partial charge in [-0.25, -0.2) is 4.79 Å².